The molecule has 0 aliphatic carbocycles. The number of nitrogens with one attached hydrogen (secondary N) is 1. The summed E-state index contributed by atoms with van der Waals surface area (Å²) >= 11 is 5.99. The maximum absolute atomic E-state index is 11.7. The van der Waals surface area contributed by atoms with Crippen LogP contribution >= 0.6 is 11.6 Å². The Morgan fingerprint density at radius 2 is 1.88 bits per heavy atom. The number of aliphatic hydroxyl groups is 2. The monoisotopic (exact) mass is 363 g/mol. The summed E-state index contributed by atoms with van der Waals surface area (Å²) in [7, 11) is 0. The highest BCUT2D eigenvalue weighted by Crippen LogP contribution is 2.28. The Morgan fingerprint density at radius 3 is 2.56 bits per heavy atom. The second-order valence-electron chi connectivity index (χ2n) is 5.32. The van der Waals surface area contributed by atoms with E-state index in [0.717, 1.165) is 5.56 Å². The number of carbonyl (C=O) groups is 2. The van der Waals surface area contributed by atoms with E-state index in [1.165, 1.54) is 12.1 Å². The van der Waals surface area contributed by atoms with Gasteiger partial charge in [0, 0.05) is 22.7 Å². The molecule has 0 aliphatic heterocycles. The molecule has 7 heteroatoms. The van der Waals surface area contributed by atoms with Crippen molar-refractivity contribution in [2.45, 2.75) is 18.8 Å². The summed E-state index contributed by atoms with van der Waals surface area (Å²) in [6.45, 7) is -0.177. The van der Waals surface area contributed by atoms with E-state index < -0.39 is 18.3 Å². The Bertz CT molecular complexity index is 723. The highest BCUT2D eigenvalue weighted by atomic mass is 35.5. The fraction of sp³-hybridized carbons (Fsp3) is 0.222. The van der Waals surface area contributed by atoms with Gasteiger partial charge in [-0.3, -0.25) is 4.79 Å². The van der Waals surface area contributed by atoms with Gasteiger partial charge >= 0.3 is 6.09 Å². The van der Waals surface area contributed by atoms with Gasteiger partial charge in [0.15, 0.2) is 0 Å². The van der Waals surface area contributed by atoms with Gasteiger partial charge in [0.2, 0.25) is 0 Å². The standard InChI is InChI=1S/C18H18ClNO5/c19-14-8-4-7-13(10-21)16(14)17(23)15(22)9-20-18(24)25-11-12-5-2-1-3-6-12/h1-8,10,15,17,22-23H,9,11H2,(H,20,24). The SMILES string of the molecule is O=Cc1cccc(Cl)c1C(O)C(O)CNC(=O)OCc1ccccc1. The molecule has 0 aromatic heterocycles. The molecule has 0 saturated heterocycles. The van der Waals surface area contributed by atoms with Gasteiger partial charge in [-0.15, -0.1) is 0 Å². The molecule has 132 valence electrons. The lowest BCUT2D eigenvalue weighted by Crippen LogP contribution is -2.36. The van der Waals surface area contributed by atoms with Crippen molar-refractivity contribution in [3.63, 3.8) is 0 Å². The van der Waals surface area contributed by atoms with E-state index in [9.17, 15) is 19.8 Å². The van der Waals surface area contributed by atoms with Gasteiger partial charge in [0.25, 0.3) is 0 Å². The summed E-state index contributed by atoms with van der Waals surface area (Å²) < 4.78 is 5.01. The van der Waals surface area contributed by atoms with Crippen molar-refractivity contribution >= 4 is 24.0 Å². The summed E-state index contributed by atoms with van der Waals surface area (Å²) in [5, 5.41) is 22.8. The molecule has 25 heavy (non-hydrogen) atoms. The Labute approximate surface area is 150 Å². The molecule has 0 aliphatic rings. The van der Waals surface area contributed by atoms with Crippen LogP contribution in [-0.2, 0) is 11.3 Å². The molecule has 2 aromatic rings. The Hall–Kier alpha value is -2.41. The average Bonchev–Trinajstić information content (AvgIpc) is 2.64. The molecule has 0 bridgehead atoms. The lowest BCUT2D eigenvalue weighted by atomic mass is 9.99. The third kappa shape index (κ3) is 5.29. The summed E-state index contributed by atoms with van der Waals surface area (Å²) in [6.07, 6.45) is -2.98. The number of rotatable bonds is 7. The minimum absolute atomic E-state index is 0.0884. The number of ether oxygens (including phenoxy) is 1. The molecule has 0 saturated carbocycles. The van der Waals surface area contributed by atoms with Crippen LogP contribution in [-0.4, -0.2) is 35.2 Å². The first kappa shape index (κ1) is 18.9. The zero-order valence-corrected chi connectivity index (χ0v) is 14.0. The number of hydrogen-bond acceptors (Lipinski definition) is 5. The third-order valence-electron chi connectivity index (χ3n) is 3.54. The van der Waals surface area contributed by atoms with Crippen LogP contribution in [0.15, 0.2) is 48.5 Å². The molecule has 0 fully saturated rings. The van der Waals surface area contributed by atoms with Crippen LogP contribution in [0.3, 0.4) is 0 Å². The Morgan fingerprint density at radius 1 is 1.16 bits per heavy atom. The topological polar surface area (TPSA) is 95.9 Å². The molecule has 2 unspecified atom stereocenters. The van der Waals surface area contributed by atoms with Crippen molar-refractivity contribution in [3.8, 4) is 0 Å². The predicted octanol–water partition coefficient (Wildman–Crippen LogP) is 2.47. The molecule has 0 spiro atoms. The van der Waals surface area contributed by atoms with Crippen molar-refractivity contribution in [2.75, 3.05) is 6.54 Å². The second kappa shape index (κ2) is 9.17. The highest BCUT2D eigenvalue weighted by molar-refractivity contribution is 6.31. The average molecular weight is 364 g/mol. The zero-order valence-electron chi connectivity index (χ0n) is 13.3. The summed E-state index contributed by atoms with van der Waals surface area (Å²) in [5.74, 6) is 0. The lowest BCUT2D eigenvalue weighted by Gasteiger charge is -2.20. The number of amides is 1. The third-order valence-corrected chi connectivity index (χ3v) is 3.87. The number of aliphatic hydroxyl groups excluding tert-OH is 2. The van der Waals surface area contributed by atoms with E-state index in [4.69, 9.17) is 16.3 Å². The van der Waals surface area contributed by atoms with E-state index in [-0.39, 0.29) is 29.3 Å². The van der Waals surface area contributed by atoms with Crippen molar-refractivity contribution in [1.82, 2.24) is 5.32 Å². The van der Waals surface area contributed by atoms with Crippen LogP contribution in [0, 0.1) is 0 Å². The fourth-order valence-electron chi connectivity index (χ4n) is 2.23. The predicted molar refractivity (Wildman–Crippen MR) is 92.4 cm³/mol. The van der Waals surface area contributed by atoms with Crippen molar-refractivity contribution in [2.24, 2.45) is 0 Å². The van der Waals surface area contributed by atoms with E-state index in [1.54, 1.807) is 6.07 Å². The second-order valence-corrected chi connectivity index (χ2v) is 5.72. The summed E-state index contributed by atoms with van der Waals surface area (Å²) in [6, 6.07) is 13.7. The van der Waals surface area contributed by atoms with E-state index >= 15 is 0 Å². The van der Waals surface area contributed by atoms with E-state index in [1.807, 2.05) is 30.3 Å². The van der Waals surface area contributed by atoms with E-state index in [2.05, 4.69) is 5.32 Å². The molecule has 6 nitrogen and oxygen atoms in total. The van der Waals surface area contributed by atoms with Gasteiger partial charge in [0.1, 0.15) is 25.1 Å². The van der Waals surface area contributed by atoms with Crippen LogP contribution in [0.2, 0.25) is 5.02 Å². The van der Waals surface area contributed by atoms with Gasteiger partial charge in [-0.1, -0.05) is 54.1 Å². The Kier molecular flexibility index (Phi) is 6.94. The number of carbonyl (C=O) groups excluding carboxylic acids is 2. The van der Waals surface area contributed by atoms with Gasteiger partial charge < -0.3 is 20.3 Å². The van der Waals surface area contributed by atoms with Crippen molar-refractivity contribution in [3.05, 3.63) is 70.2 Å². The number of halogens is 1. The molecule has 3 N–H and O–H groups in total. The number of alkyl carbamates (subject to hydrolysis) is 1. The molecule has 1 amide bonds. The van der Waals surface area contributed by atoms with Gasteiger partial charge in [-0.25, -0.2) is 4.79 Å². The largest absolute Gasteiger partial charge is 0.445 e. The van der Waals surface area contributed by atoms with E-state index in [0.29, 0.717) is 6.29 Å². The molecule has 2 rings (SSSR count). The summed E-state index contributed by atoms with van der Waals surface area (Å²) in [4.78, 5) is 22.7. The van der Waals surface area contributed by atoms with Crippen LogP contribution in [0.5, 0.6) is 0 Å². The van der Waals surface area contributed by atoms with Crippen LogP contribution < -0.4 is 5.32 Å². The van der Waals surface area contributed by atoms with Crippen LogP contribution in [0.4, 0.5) is 4.79 Å². The van der Waals surface area contributed by atoms with Crippen LogP contribution in [0.1, 0.15) is 27.6 Å². The smallest absolute Gasteiger partial charge is 0.407 e. The van der Waals surface area contributed by atoms with Gasteiger partial charge in [0.05, 0.1) is 0 Å². The van der Waals surface area contributed by atoms with Crippen LogP contribution in [0.25, 0.3) is 0 Å². The first-order valence-electron chi connectivity index (χ1n) is 7.57. The Balaban J connectivity index is 1.88. The minimum atomic E-state index is -1.43. The quantitative estimate of drug-likeness (QED) is 0.657. The zero-order chi connectivity index (χ0) is 18.2. The fourth-order valence-corrected chi connectivity index (χ4v) is 2.53. The number of benzene rings is 2. The number of hydrogen-bond donors (Lipinski definition) is 3. The normalized spacial score (nSPS) is 12.9. The van der Waals surface area contributed by atoms with Gasteiger partial charge in [-0.05, 0) is 11.6 Å². The van der Waals surface area contributed by atoms with Gasteiger partial charge in [-0.2, -0.15) is 0 Å². The minimum Gasteiger partial charge on any atom is -0.445 e. The maximum atomic E-state index is 11.7. The molecule has 0 radical (unpaired) electrons. The molecule has 0 heterocycles. The lowest BCUT2D eigenvalue weighted by molar-refractivity contribution is 0.0181. The van der Waals surface area contributed by atoms with Crippen molar-refractivity contribution in [1.29, 1.82) is 0 Å². The molecular weight excluding hydrogens is 346 g/mol. The van der Waals surface area contributed by atoms with Crippen molar-refractivity contribution < 1.29 is 24.5 Å². The first-order valence-corrected chi connectivity index (χ1v) is 7.95. The maximum Gasteiger partial charge on any atom is 0.407 e. The highest BCUT2D eigenvalue weighted by Gasteiger charge is 2.24. The number of aldehydes is 1. The first-order chi connectivity index (χ1) is 12.0. The molecular formula is C18H18ClNO5. The molecule has 2 atom stereocenters. The molecule has 2 aromatic carbocycles. The summed E-state index contributed by atoms with van der Waals surface area (Å²) in [5.41, 5.74) is 1.11.